The summed E-state index contributed by atoms with van der Waals surface area (Å²) < 4.78 is 35.2. The van der Waals surface area contributed by atoms with Gasteiger partial charge in [-0.3, -0.25) is 0 Å². The number of rotatable bonds is 4. The number of halogens is 1. The molecule has 1 heterocycles. The van der Waals surface area contributed by atoms with Crippen molar-refractivity contribution in [2.75, 3.05) is 13.9 Å². The van der Waals surface area contributed by atoms with E-state index in [9.17, 15) is 4.39 Å². The Morgan fingerprint density at radius 3 is 2.81 bits per heavy atom. The first-order chi connectivity index (χ1) is 10.3. The average Bonchev–Trinajstić information content (AvgIpc) is 2.52. The van der Waals surface area contributed by atoms with E-state index < -0.39 is 0 Å². The number of fused-ring (bicyclic) bond motifs is 1. The third kappa shape index (κ3) is 2.92. The first kappa shape index (κ1) is 13.7. The third-order valence-electron chi connectivity index (χ3n) is 3.20. The standard InChI is InChI=1S/C16H15FO4/c1-18-14-4-2-3-5-15(14)20-9-12-7-13(17)6-11-8-19-10-21-16(11)12/h2-7H,8-10H2,1H3. The maximum atomic E-state index is 13.6. The Bertz CT molecular complexity index is 642. The Labute approximate surface area is 122 Å². The van der Waals surface area contributed by atoms with Crippen LogP contribution in [0.4, 0.5) is 4.39 Å². The van der Waals surface area contributed by atoms with E-state index in [0.29, 0.717) is 35.0 Å². The molecule has 0 spiro atoms. The van der Waals surface area contributed by atoms with E-state index >= 15 is 0 Å². The van der Waals surface area contributed by atoms with Gasteiger partial charge in [0.15, 0.2) is 18.3 Å². The van der Waals surface area contributed by atoms with Crippen LogP contribution >= 0.6 is 0 Å². The van der Waals surface area contributed by atoms with E-state index in [1.54, 1.807) is 19.2 Å². The molecule has 21 heavy (non-hydrogen) atoms. The summed E-state index contributed by atoms with van der Waals surface area (Å²) in [5.41, 5.74) is 1.35. The van der Waals surface area contributed by atoms with Crippen LogP contribution in [0.25, 0.3) is 0 Å². The van der Waals surface area contributed by atoms with Crippen molar-refractivity contribution in [1.29, 1.82) is 0 Å². The van der Waals surface area contributed by atoms with Crippen LogP contribution in [0.3, 0.4) is 0 Å². The van der Waals surface area contributed by atoms with Crippen molar-refractivity contribution in [3.63, 3.8) is 0 Å². The number of ether oxygens (including phenoxy) is 4. The molecule has 1 aliphatic rings. The van der Waals surface area contributed by atoms with Crippen LogP contribution in [-0.2, 0) is 18.0 Å². The molecule has 2 aromatic rings. The Hall–Kier alpha value is -2.27. The van der Waals surface area contributed by atoms with Crippen molar-refractivity contribution in [3.8, 4) is 17.2 Å². The molecule has 2 aromatic carbocycles. The minimum atomic E-state index is -0.332. The number of para-hydroxylation sites is 2. The smallest absolute Gasteiger partial charge is 0.189 e. The zero-order valence-corrected chi connectivity index (χ0v) is 11.6. The zero-order chi connectivity index (χ0) is 14.7. The molecule has 0 unspecified atom stereocenters. The van der Waals surface area contributed by atoms with Gasteiger partial charge in [-0.15, -0.1) is 0 Å². The van der Waals surface area contributed by atoms with Gasteiger partial charge in [-0.25, -0.2) is 4.39 Å². The normalized spacial score (nSPS) is 13.2. The van der Waals surface area contributed by atoms with Gasteiger partial charge >= 0.3 is 0 Å². The lowest BCUT2D eigenvalue weighted by molar-refractivity contribution is -0.0178. The highest BCUT2D eigenvalue weighted by Crippen LogP contribution is 2.32. The van der Waals surface area contributed by atoms with Crippen LogP contribution in [-0.4, -0.2) is 13.9 Å². The van der Waals surface area contributed by atoms with Crippen molar-refractivity contribution >= 4 is 0 Å². The lowest BCUT2D eigenvalue weighted by Gasteiger charge is -2.21. The predicted molar refractivity (Wildman–Crippen MR) is 74.0 cm³/mol. The van der Waals surface area contributed by atoms with Gasteiger partial charge in [0.1, 0.15) is 18.2 Å². The summed E-state index contributed by atoms with van der Waals surface area (Å²) in [6.45, 7) is 0.704. The topological polar surface area (TPSA) is 36.9 Å². The number of hydrogen-bond donors (Lipinski definition) is 0. The largest absolute Gasteiger partial charge is 0.493 e. The Morgan fingerprint density at radius 2 is 2.00 bits per heavy atom. The van der Waals surface area contributed by atoms with Gasteiger partial charge in [0.25, 0.3) is 0 Å². The van der Waals surface area contributed by atoms with E-state index in [2.05, 4.69) is 0 Å². The molecule has 0 radical (unpaired) electrons. The van der Waals surface area contributed by atoms with Crippen LogP contribution in [0.1, 0.15) is 11.1 Å². The molecule has 0 bridgehead atoms. The highest BCUT2D eigenvalue weighted by atomic mass is 19.1. The molecule has 0 atom stereocenters. The molecule has 0 fully saturated rings. The van der Waals surface area contributed by atoms with E-state index in [4.69, 9.17) is 18.9 Å². The molecular weight excluding hydrogens is 275 g/mol. The van der Waals surface area contributed by atoms with E-state index in [1.807, 2.05) is 12.1 Å². The van der Waals surface area contributed by atoms with Gasteiger partial charge in [-0.1, -0.05) is 12.1 Å². The van der Waals surface area contributed by atoms with Gasteiger partial charge in [-0.05, 0) is 24.3 Å². The Balaban J connectivity index is 1.83. The highest BCUT2D eigenvalue weighted by Gasteiger charge is 2.17. The van der Waals surface area contributed by atoms with E-state index in [0.717, 1.165) is 0 Å². The summed E-state index contributed by atoms with van der Waals surface area (Å²) >= 11 is 0. The second-order valence-electron chi connectivity index (χ2n) is 4.60. The summed E-state index contributed by atoms with van der Waals surface area (Å²) in [6.07, 6.45) is 0. The van der Waals surface area contributed by atoms with E-state index in [-0.39, 0.29) is 19.2 Å². The van der Waals surface area contributed by atoms with Gasteiger partial charge in [0.2, 0.25) is 0 Å². The summed E-state index contributed by atoms with van der Waals surface area (Å²) in [5, 5.41) is 0. The van der Waals surface area contributed by atoms with Gasteiger partial charge in [0.05, 0.1) is 13.7 Å². The van der Waals surface area contributed by atoms with Crippen LogP contribution < -0.4 is 14.2 Å². The summed E-state index contributed by atoms with van der Waals surface area (Å²) in [6, 6.07) is 10.1. The second-order valence-corrected chi connectivity index (χ2v) is 4.60. The fraction of sp³-hybridized carbons (Fsp3) is 0.250. The molecule has 0 aliphatic carbocycles. The molecule has 0 aromatic heterocycles. The first-order valence-corrected chi connectivity index (χ1v) is 6.55. The SMILES string of the molecule is COc1ccccc1OCc1cc(F)cc2c1OCOC2. The highest BCUT2D eigenvalue weighted by molar-refractivity contribution is 5.43. The van der Waals surface area contributed by atoms with Crippen LogP contribution in [0.15, 0.2) is 36.4 Å². The fourth-order valence-corrected chi connectivity index (χ4v) is 2.26. The van der Waals surface area contributed by atoms with Gasteiger partial charge in [-0.2, -0.15) is 0 Å². The van der Waals surface area contributed by atoms with Crippen molar-refractivity contribution in [1.82, 2.24) is 0 Å². The maximum absolute atomic E-state index is 13.6. The number of methoxy groups -OCH3 is 1. The molecule has 0 saturated heterocycles. The maximum Gasteiger partial charge on any atom is 0.189 e. The molecule has 5 heteroatoms. The second kappa shape index (κ2) is 6.01. The minimum absolute atomic E-state index is 0.167. The lowest BCUT2D eigenvalue weighted by Crippen LogP contribution is -2.14. The van der Waals surface area contributed by atoms with Crippen molar-refractivity contribution < 1.29 is 23.3 Å². The lowest BCUT2D eigenvalue weighted by atomic mass is 10.1. The molecule has 0 saturated carbocycles. The number of benzene rings is 2. The molecule has 1 aliphatic heterocycles. The van der Waals surface area contributed by atoms with Crippen molar-refractivity contribution in [3.05, 3.63) is 53.3 Å². The summed E-state index contributed by atoms with van der Waals surface area (Å²) in [5.74, 6) is 1.54. The van der Waals surface area contributed by atoms with Crippen molar-refractivity contribution in [2.24, 2.45) is 0 Å². The molecule has 4 nitrogen and oxygen atoms in total. The van der Waals surface area contributed by atoms with Crippen LogP contribution in [0.2, 0.25) is 0 Å². The third-order valence-corrected chi connectivity index (χ3v) is 3.20. The molecule has 110 valence electrons. The summed E-state index contributed by atoms with van der Waals surface area (Å²) in [7, 11) is 1.58. The molecule has 3 rings (SSSR count). The minimum Gasteiger partial charge on any atom is -0.493 e. The van der Waals surface area contributed by atoms with Gasteiger partial charge < -0.3 is 18.9 Å². The average molecular weight is 290 g/mol. The zero-order valence-electron chi connectivity index (χ0n) is 11.6. The number of hydrogen-bond acceptors (Lipinski definition) is 4. The molecule has 0 N–H and O–H groups in total. The van der Waals surface area contributed by atoms with Crippen LogP contribution in [0.5, 0.6) is 17.2 Å². The van der Waals surface area contributed by atoms with E-state index in [1.165, 1.54) is 12.1 Å². The van der Waals surface area contributed by atoms with Gasteiger partial charge in [0, 0.05) is 11.1 Å². The predicted octanol–water partition coefficient (Wildman–Crippen LogP) is 3.28. The van der Waals surface area contributed by atoms with Crippen molar-refractivity contribution in [2.45, 2.75) is 13.2 Å². The monoisotopic (exact) mass is 290 g/mol. The Kier molecular flexibility index (Phi) is 3.92. The molecule has 0 amide bonds. The fourth-order valence-electron chi connectivity index (χ4n) is 2.26. The van der Waals surface area contributed by atoms with Crippen LogP contribution in [0, 0.1) is 5.82 Å². The Morgan fingerprint density at radius 1 is 1.19 bits per heavy atom. The first-order valence-electron chi connectivity index (χ1n) is 6.55. The quantitative estimate of drug-likeness (QED) is 0.866. The summed E-state index contributed by atoms with van der Waals surface area (Å²) in [4.78, 5) is 0. The molecular formula is C16H15FO4.